The molecule has 1 aliphatic carbocycles. The summed E-state index contributed by atoms with van der Waals surface area (Å²) in [6.45, 7) is 8.15. The number of nitrogens with zero attached hydrogens (tertiary/aromatic N) is 2. The molecule has 2 amide bonds. The fourth-order valence-electron chi connectivity index (χ4n) is 8.10. The van der Waals surface area contributed by atoms with Crippen molar-refractivity contribution >= 4 is 6.03 Å². The van der Waals surface area contributed by atoms with E-state index in [0.717, 1.165) is 29.9 Å². The van der Waals surface area contributed by atoms with Crippen molar-refractivity contribution in [2.75, 3.05) is 6.54 Å². The van der Waals surface area contributed by atoms with Gasteiger partial charge in [0.25, 0.3) is 0 Å². The standard InChI is InChI=1S/C34H46N4O/c1-26(34(25-35,28-11-6-4-7-12-28)29-13-8-5-9-14-29)36-31(39)37-30-17-15-27(16-18-30)19-24-38-32(2)20-10-21-33(38,3)23-22-32/h4-9,11-14,26-27,30H,10,15-24H2,1-3H3,(H2,36,37,39)/t26-,27?,30?,32+,33+/m0/s1. The summed E-state index contributed by atoms with van der Waals surface area (Å²) in [5.74, 6) is 0.751. The van der Waals surface area contributed by atoms with Crippen molar-refractivity contribution in [2.24, 2.45) is 5.92 Å². The van der Waals surface area contributed by atoms with Crippen LogP contribution in [0.25, 0.3) is 0 Å². The van der Waals surface area contributed by atoms with Crippen LogP contribution in [0.1, 0.15) is 96.1 Å². The fourth-order valence-corrected chi connectivity index (χ4v) is 8.10. The molecular formula is C34H46N4O. The molecule has 5 heteroatoms. The van der Waals surface area contributed by atoms with Crippen LogP contribution >= 0.6 is 0 Å². The molecule has 2 aliphatic heterocycles. The third kappa shape index (κ3) is 5.46. The van der Waals surface area contributed by atoms with Crippen LogP contribution in [-0.4, -0.2) is 40.6 Å². The first kappa shape index (κ1) is 27.7. The molecule has 3 atom stereocenters. The molecule has 2 bridgehead atoms. The number of amides is 2. The predicted octanol–water partition coefficient (Wildman–Crippen LogP) is 6.93. The van der Waals surface area contributed by atoms with Gasteiger partial charge in [-0.15, -0.1) is 0 Å². The second-order valence-corrected chi connectivity index (χ2v) is 13.0. The molecule has 2 saturated heterocycles. The maximum atomic E-state index is 13.2. The fraction of sp³-hybridized carbons (Fsp3) is 0.588. The molecule has 39 heavy (non-hydrogen) atoms. The topological polar surface area (TPSA) is 68.2 Å². The Hall–Kier alpha value is -2.84. The summed E-state index contributed by atoms with van der Waals surface area (Å²) in [7, 11) is 0. The molecule has 0 unspecified atom stereocenters. The summed E-state index contributed by atoms with van der Waals surface area (Å²) in [6.07, 6.45) is 12.5. The molecule has 0 radical (unpaired) electrons. The number of carbonyl (C=O) groups is 1. The number of hydrogen-bond donors (Lipinski definition) is 2. The summed E-state index contributed by atoms with van der Waals surface area (Å²) >= 11 is 0. The van der Waals surface area contributed by atoms with Crippen molar-refractivity contribution in [3.05, 3.63) is 71.8 Å². The van der Waals surface area contributed by atoms with Gasteiger partial charge in [-0.2, -0.15) is 5.26 Å². The number of benzene rings is 2. The zero-order valence-corrected chi connectivity index (χ0v) is 24.1. The van der Waals surface area contributed by atoms with Crippen molar-refractivity contribution in [1.29, 1.82) is 5.26 Å². The van der Waals surface area contributed by atoms with E-state index in [-0.39, 0.29) is 12.1 Å². The lowest BCUT2D eigenvalue weighted by Gasteiger charge is -2.49. The molecule has 0 spiro atoms. The molecule has 2 aromatic rings. The van der Waals surface area contributed by atoms with E-state index in [9.17, 15) is 10.1 Å². The predicted molar refractivity (Wildman–Crippen MR) is 157 cm³/mol. The minimum atomic E-state index is -0.974. The van der Waals surface area contributed by atoms with Crippen LogP contribution < -0.4 is 10.6 Å². The first-order valence-electron chi connectivity index (χ1n) is 15.2. The second-order valence-electron chi connectivity index (χ2n) is 13.0. The van der Waals surface area contributed by atoms with E-state index >= 15 is 0 Å². The Balaban J connectivity index is 1.15. The highest BCUT2D eigenvalue weighted by Gasteiger charge is 2.51. The van der Waals surface area contributed by atoms with E-state index < -0.39 is 11.5 Å². The largest absolute Gasteiger partial charge is 0.335 e. The van der Waals surface area contributed by atoms with E-state index in [1.54, 1.807) is 0 Å². The first-order valence-corrected chi connectivity index (χ1v) is 15.2. The van der Waals surface area contributed by atoms with E-state index in [2.05, 4.69) is 35.5 Å². The summed E-state index contributed by atoms with van der Waals surface area (Å²) in [5.41, 5.74) is 1.63. The van der Waals surface area contributed by atoms with E-state index in [1.165, 1.54) is 57.9 Å². The van der Waals surface area contributed by atoms with Gasteiger partial charge in [-0.3, -0.25) is 4.90 Å². The van der Waals surface area contributed by atoms with Crippen LogP contribution in [0.4, 0.5) is 4.79 Å². The molecule has 0 aromatic heterocycles. The number of hydrogen-bond acceptors (Lipinski definition) is 3. The Labute approximate surface area is 235 Å². The highest BCUT2D eigenvalue weighted by Crippen LogP contribution is 2.50. The van der Waals surface area contributed by atoms with Crippen molar-refractivity contribution in [2.45, 2.75) is 114 Å². The number of rotatable bonds is 8. The van der Waals surface area contributed by atoms with Gasteiger partial charge in [-0.25, -0.2) is 4.79 Å². The summed E-state index contributed by atoms with van der Waals surface area (Å²) < 4.78 is 0. The number of fused-ring (bicyclic) bond motifs is 2. The molecule has 1 saturated carbocycles. The third-order valence-corrected chi connectivity index (χ3v) is 10.5. The Kier molecular flexibility index (Phi) is 8.06. The smallest absolute Gasteiger partial charge is 0.315 e. The van der Waals surface area contributed by atoms with Crippen molar-refractivity contribution in [3.8, 4) is 6.07 Å². The number of carbonyl (C=O) groups excluding carboxylic acids is 1. The summed E-state index contributed by atoms with van der Waals surface area (Å²) in [5, 5.41) is 16.9. The minimum Gasteiger partial charge on any atom is -0.335 e. The van der Waals surface area contributed by atoms with Gasteiger partial charge in [0.05, 0.1) is 12.1 Å². The third-order valence-electron chi connectivity index (χ3n) is 10.5. The minimum absolute atomic E-state index is 0.178. The molecule has 2 N–H and O–H groups in total. The van der Waals surface area contributed by atoms with E-state index in [1.807, 2.05) is 67.6 Å². The summed E-state index contributed by atoms with van der Waals surface area (Å²) in [6, 6.07) is 21.8. The molecule has 3 fully saturated rings. The van der Waals surface area contributed by atoms with Crippen LogP contribution in [-0.2, 0) is 5.41 Å². The zero-order chi connectivity index (χ0) is 27.5. The van der Waals surface area contributed by atoms with Gasteiger partial charge in [0.1, 0.15) is 5.41 Å². The lowest BCUT2D eigenvalue weighted by atomic mass is 9.70. The van der Waals surface area contributed by atoms with Crippen molar-refractivity contribution in [3.63, 3.8) is 0 Å². The molecule has 2 heterocycles. The normalized spacial score (nSPS) is 29.8. The van der Waals surface area contributed by atoms with Crippen LogP contribution in [0.5, 0.6) is 0 Å². The van der Waals surface area contributed by atoms with Crippen molar-refractivity contribution in [1.82, 2.24) is 15.5 Å². The Morgan fingerprint density at radius 2 is 1.49 bits per heavy atom. The monoisotopic (exact) mass is 526 g/mol. The van der Waals surface area contributed by atoms with Crippen LogP contribution in [0.15, 0.2) is 60.7 Å². The van der Waals surface area contributed by atoms with E-state index in [0.29, 0.717) is 11.1 Å². The van der Waals surface area contributed by atoms with Gasteiger partial charge >= 0.3 is 6.03 Å². The SMILES string of the molecule is C[C@H](NC(=O)NC1CCC(CCN2[C@]3(C)CCC[C@]2(C)CC3)CC1)C(C#N)(c1ccccc1)c1ccccc1. The van der Waals surface area contributed by atoms with Gasteiger partial charge in [0.2, 0.25) is 0 Å². The maximum absolute atomic E-state index is 13.2. The van der Waals surface area contributed by atoms with Gasteiger partial charge in [0.15, 0.2) is 0 Å². The zero-order valence-electron chi connectivity index (χ0n) is 24.1. The molecule has 3 aliphatic rings. The lowest BCUT2D eigenvalue weighted by Crippen LogP contribution is -2.55. The molecular weight excluding hydrogens is 480 g/mol. The van der Waals surface area contributed by atoms with Crippen LogP contribution in [0.2, 0.25) is 0 Å². The van der Waals surface area contributed by atoms with Gasteiger partial charge in [0, 0.05) is 17.1 Å². The van der Waals surface area contributed by atoms with Gasteiger partial charge < -0.3 is 10.6 Å². The maximum Gasteiger partial charge on any atom is 0.315 e. The molecule has 5 nitrogen and oxygen atoms in total. The van der Waals surface area contributed by atoms with Gasteiger partial charge in [-0.1, -0.05) is 60.7 Å². The Morgan fingerprint density at radius 1 is 0.949 bits per heavy atom. The van der Waals surface area contributed by atoms with E-state index in [4.69, 9.17) is 0 Å². The van der Waals surface area contributed by atoms with Gasteiger partial charge in [-0.05, 0) is 109 Å². The first-order chi connectivity index (χ1) is 18.8. The Bertz CT molecular complexity index is 1100. The van der Waals surface area contributed by atoms with Crippen LogP contribution in [0, 0.1) is 17.2 Å². The molecule has 5 rings (SSSR count). The average molecular weight is 527 g/mol. The summed E-state index contributed by atoms with van der Waals surface area (Å²) in [4.78, 5) is 16.0. The quantitative estimate of drug-likeness (QED) is 0.392. The number of nitrogens with one attached hydrogen (secondary N) is 2. The molecule has 208 valence electrons. The Morgan fingerprint density at radius 3 is 2.00 bits per heavy atom. The number of nitriles is 1. The molecule has 2 aromatic carbocycles. The van der Waals surface area contributed by atoms with Crippen molar-refractivity contribution < 1.29 is 4.79 Å². The highest BCUT2D eigenvalue weighted by molar-refractivity contribution is 5.75. The average Bonchev–Trinajstić information content (AvgIpc) is 3.08. The number of urea groups is 1. The number of piperidine rings is 1. The second kappa shape index (κ2) is 11.3. The highest BCUT2D eigenvalue weighted by atomic mass is 16.2. The van der Waals surface area contributed by atoms with Crippen LogP contribution in [0.3, 0.4) is 0 Å². The lowest BCUT2D eigenvalue weighted by molar-refractivity contribution is 0.00540.